The van der Waals surface area contributed by atoms with Gasteiger partial charge < -0.3 is 4.90 Å². The molecular formula is C48H55Br2NSi. The molecule has 4 aromatic rings. The monoisotopic (exact) mass is 831 g/mol. The highest BCUT2D eigenvalue weighted by Gasteiger charge is 2.41. The van der Waals surface area contributed by atoms with Gasteiger partial charge in [0.15, 0.2) is 0 Å². The summed E-state index contributed by atoms with van der Waals surface area (Å²) < 4.78 is 2.13. The molecule has 0 N–H and O–H groups in total. The lowest BCUT2D eigenvalue weighted by Crippen LogP contribution is -2.43. The lowest BCUT2D eigenvalue weighted by molar-refractivity contribution is 0.696. The number of unbranched alkanes of at least 4 members (excludes halogenated alkanes) is 1. The van der Waals surface area contributed by atoms with Crippen LogP contribution in [0.5, 0.6) is 0 Å². The van der Waals surface area contributed by atoms with Crippen molar-refractivity contribution in [2.75, 3.05) is 4.90 Å². The third-order valence-corrected chi connectivity index (χ3v) is 18.2. The number of halogens is 2. The van der Waals surface area contributed by atoms with Gasteiger partial charge in [-0.3, -0.25) is 0 Å². The summed E-state index contributed by atoms with van der Waals surface area (Å²) in [6.07, 6.45) is 10.3. The second-order valence-electron chi connectivity index (χ2n) is 15.1. The molecule has 0 amide bonds. The highest BCUT2D eigenvalue weighted by atomic mass is 79.9. The first-order valence-corrected chi connectivity index (χ1v) is 23.1. The van der Waals surface area contributed by atoms with Crippen molar-refractivity contribution in [2.24, 2.45) is 0 Å². The first-order valence-electron chi connectivity index (χ1n) is 19.3. The van der Waals surface area contributed by atoms with E-state index in [-0.39, 0.29) is 0 Å². The molecule has 0 heterocycles. The number of hydrogen-bond donors (Lipinski definition) is 0. The Morgan fingerprint density at radius 3 is 1.62 bits per heavy atom. The van der Waals surface area contributed by atoms with Crippen LogP contribution in [0.3, 0.4) is 0 Å². The van der Waals surface area contributed by atoms with Gasteiger partial charge in [-0.15, -0.1) is 11.3 Å². The van der Waals surface area contributed by atoms with E-state index in [0.29, 0.717) is 16.6 Å². The Balaban J connectivity index is 1.44. The molecule has 0 fully saturated rings. The van der Waals surface area contributed by atoms with Gasteiger partial charge in [0.25, 0.3) is 0 Å². The van der Waals surface area contributed by atoms with Crippen molar-refractivity contribution >= 4 is 62.6 Å². The van der Waals surface area contributed by atoms with Crippen LogP contribution in [0.1, 0.15) is 99.0 Å². The molecule has 4 heteroatoms. The van der Waals surface area contributed by atoms with Gasteiger partial charge in [0.2, 0.25) is 0 Å². The average molecular weight is 834 g/mol. The van der Waals surface area contributed by atoms with E-state index >= 15 is 0 Å². The third kappa shape index (κ3) is 9.61. The summed E-state index contributed by atoms with van der Waals surface area (Å²) in [4.78, 5) is 2.29. The van der Waals surface area contributed by atoms with E-state index in [1.165, 1.54) is 52.7 Å². The molecule has 1 nitrogen and oxygen atoms in total. The second-order valence-corrected chi connectivity index (χ2v) is 22.6. The normalized spacial score (nSPS) is 13.2. The van der Waals surface area contributed by atoms with Crippen LogP contribution in [0.25, 0.3) is 16.7 Å². The first kappa shape index (κ1) is 39.9. The summed E-state index contributed by atoms with van der Waals surface area (Å²) in [6, 6.07) is 35.0. The van der Waals surface area contributed by atoms with Crippen LogP contribution in [-0.4, -0.2) is 8.07 Å². The number of anilines is 3. The minimum atomic E-state index is -1.77. The number of allylic oxidation sites excluding steroid dienone is 3. The molecule has 1 aliphatic carbocycles. The molecule has 0 bridgehead atoms. The second kappa shape index (κ2) is 18.6. The standard InChI is InChI=1S/C48H55Br2NSi/c1-8-9-12-38(15-16-39-13-10-11-14-40(39)33-34-52(35(2)3,36(4)5)37(6)7)41-17-19-42(20-18-41)43-21-27-46(28-22-43)51(47-29-23-44(49)24-30-47)48-31-25-45(50)26-32-48/h16-32,35-37H,8-14H2,1-7H3. The van der Waals surface area contributed by atoms with Gasteiger partial charge in [0, 0.05) is 37.2 Å². The minimum Gasteiger partial charge on any atom is -0.311 e. The van der Waals surface area contributed by atoms with E-state index in [2.05, 4.69) is 206 Å². The van der Waals surface area contributed by atoms with Gasteiger partial charge >= 0.3 is 0 Å². The molecule has 0 radical (unpaired) electrons. The van der Waals surface area contributed by atoms with Crippen LogP contribution in [0.2, 0.25) is 16.6 Å². The Bertz CT molecular complexity index is 1860. The minimum absolute atomic E-state index is 0.647. The van der Waals surface area contributed by atoms with Crippen LogP contribution in [0.15, 0.2) is 129 Å². The van der Waals surface area contributed by atoms with Gasteiger partial charge in [0.05, 0.1) is 0 Å². The summed E-state index contributed by atoms with van der Waals surface area (Å²) in [7, 11) is -1.77. The lowest BCUT2D eigenvalue weighted by Gasteiger charge is -2.38. The van der Waals surface area contributed by atoms with Crippen molar-refractivity contribution in [2.45, 2.75) is 110 Å². The van der Waals surface area contributed by atoms with E-state index in [1.54, 1.807) is 0 Å². The van der Waals surface area contributed by atoms with Crippen molar-refractivity contribution < 1.29 is 0 Å². The Hall–Kier alpha value is -3.32. The Morgan fingerprint density at radius 1 is 0.673 bits per heavy atom. The fourth-order valence-electron chi connectivity index (χ4n) is 7.97. The fraction of sp³-hybridized carbons (Fsp3) is 0.354. The molecule has 1 aliphatic rings. The van der Waals surface area contributed by atoms with Crippen molar-refractivity contribution in [1.29, 1.82) is 0 Å². The van der Waals surface area contributed by atoms with Gasteiger partial charge in [-0.2, -0.15) is 0 Å². The zero-order chi connectivity index (χ0) is 37.3. The zero-order valence-electron chi connectivity index (χ0n) is 32.2. The lowest BCUT2D eigenvalue weighted by atomic mass is 9.91. The molecule has 0 saturated carbocycles. The van der Waals surface area contributed by atoms with E-state index in [1.807, 2.05) is 0 Å². The van der Waals surface area contributed by atoms with Crippen LogP contribution in [0.4, 0.5) is 17.1 Å². The molecule has 4 aromatic carbocycles. The highest BCUT2D eigenvalue weighted by Crippen LogP contribution is 2.41. The number of benzene rings is 4. The van der Waals surface area contributed by atoms with Gasteiger partial charge in [-0.25, -0.2) is 0 Å². The van der Waals surface area contributed by atoms with Gasteiger partial charge in [-0.1, -0.05) is 129 Å². The number of hydrogen-bond acceptors (Lipinski definition) is 1. The molecule has 0 saturated heterocycles. The molecule has 0 atom stereocenters. The molecule has 270 valence electrons. The predicted octanol–water partition coefficient (Wildman–Crippen LogP) is 16.2. The summed E-state index contributed by atoms with van der Waals surface area (Å²) >= 11 is 7.19. The average Bonchev–Trinajstić information content (AvgIpc) is 3.14. The summed E-state index contributed by atoms with van der Waals surface area (Å²) in [5, 5.41) is 0. The summed E-state index contributed by atoms with van der Waals surface area (Å²) in [5.41, 5.74) is 20.9. The zero-order valence-corrected chi connectivity index (χ0v) is 36.4. The number of nitrogens with zero attached hydrogens (tertiary/aromatic N) is 1. The van der Waals surface area contributed by atoms with Crippen molar-refractivity contribution in [3.8, 4) is 22.6 Å². The van der Waals surface area contributed by atoms with E-state index in [4.69, 9.17) is 0 Å². The Labute approximate surface area is 332 Å². The molecule has 52 heavy (non-hydrogen) atoms. The first-order chi connectivity index (χ1) is 25.0. The van der Waals surface area contributed by atoms with Crippen LogP contribution < -0.4 is 4.90 Å². The molecule has 0 aromatic heterocycles. The van der Waals surface area contributed by atoms with Gasteiger partial charge in [-0.05, 0) is 144 Å². The molecule has 5 rings (SSSR count). The fourth-order valence-corrected chi connectivity index (χ4v) is 13.7. The predicted molar refractivity (Wildman–Crippen MR) is 237 cm³/mol. The van der Waals surface area contributed by atoms with Crippen LogP contribution >= 0.6 is 31.9 Å². The van der Waals surface area contributed by atoms with Gasteiger partial charge in [0.1, 0.15) is 8.07 Å². The largest absolute Gasteiger partial charge is 0.311 e. The Kier molecular flexibility index (Phi) is 14.3. The Morgan fingerprint density at radius 2 is 1.13 bits per heavy atom. The molecule has 0 unspecified atom stereocenters. The number of rotatable bonds is 12. The maximum absolute atomic E-state index is 4.01. The molecule has 0 spiro atoms. The van der Waals surface area contributed by atoms with E-state index in [0.717, 1.165) is 51.7 Å². The van der Waals surface area contributed by atoms with E-state index < -0.39 is 8.07 Å². The third-order valence-electron chi connectivity index (χ3n) is 10.9. The molecular weight excluding hydrogens is 778 g/mol. The summed E-state index contributed by atoms with van der Waals surface area (Å²) in [6.45, 7) is 16.7. The topological polar surface area (TPSA) is 3.24 Å². The highest BCUT2D eigenvalue weighted by molar-refractivity contribution is 9.10. The van der Waals surface area contributed by atoms with Crippen LogP contribution in [0, 0.1) is 11.5 Å². The maximum atomic E-state index is 4.01. The van der Waals surface area contributed by atoms with E-state index in [9.17, 15) is 0 Å². The van der Waals surface area contributed by atoms with Crippen molar-refractivity contribution in [3.05, 3.63) is 135 Å². The van der Waals surface area contributed by atoms with Crippen LogP contribution in [-0.2, 0) is 0 Å². The SMILES string of the molecule is CCCCC(=C=CC1=C(C#C[Si](C(C)C)(C(C)C)C(C)C)CCCC1)c1ccc(-c2ccc(N(c3ccc(Br)cc3)c3ccc(Br)cc3)cc2)cc1. The smallest absolute Gasteiger partial charge is 0.146 e. The quantitative estimate of drug-likeness (QED) is 0.0781. The molecule has 0 aliphatic heterocycles. The maximum Gasteiger partial charge on any atom is 0.146 e. The summed E-state index contributed by atoms with van der Waals surface area (Å²) in [5.74, 6) is 3.83. The van der Waals surface area contributed by atoms with Crippen molar-refractivity contribution in [3.63, 3.8) is 0 Å². The van der Waals surface area contributed by atoms with Crippen molar-refractivity contribution in [1.82, 2.24) is 0 Å².